The average Bonchev–Trinajstić information content (AvgIpc) is 3.26. The minimum Gasteiger partial charge on any atom is -0.481 e. The van der Waals surface area contributed by atoms with Gasteiger partial charge in [0.2, 0.25) is 0 Å². The van der Waals surface area contributed by atoms with E-state index in [1.807, 2.05) is 56.4 Å². The van der Waals surface area contributed by atoms with E-state index >= 15 is 0 Å². The third-order valence-electron chi connectivity index (χ3n) is 7.06. The van der Waals surface area contributed by atoms with Crippen LogP contribution in [0.5, 0.6) is 0 Å². The van der Waals surface area contributed by atoms with Crippen LogP contribution in [0, 0.1) is 12.3 Å². The van der Waals surface area contributed by atoms with Gasteiger partial charge in [-0.05, 0) is 76.6 Å². The van der Waals surface area contributed by atoms with Crippen molar-refractivity contribution in [2.45, 2.75) is 83.8 Å². The van der Waals surface area contributed by atoms with Gasteiger partial charge in [-0.1, -0.05) is 31.4 Å². The van der Waals surface area contributed by atoms with Crippen LogP contribution in [-0.2, 0) is 9.53 Å². The molecule has 0 unspecified atom stereocenters. The number of ether oxygens (including phenoxy) is 1. The first kappa shape index (κ1) is 23.4. The minimum absolute atomic E-state index is 0.311. The molecule has 0 spiro atoms. The topological polar surface area (TPSA) is 88.1 Å². The van der Waals surface area contributed by atoms with Gasteiger partial charge >= 0.3 is 5.97 Å². The van der Waals surface area contributed by atoms with Crippen LogP contribution in [0.3, 0.4) is 0 Å². The molecule has 0 atom stereocenters. The van der Waals surface area contributed by atoms with Gasteiger partial charge in [-0.2, -0.15) is 0 Å². The van der Waals surface area contributed by atoms with Crippen molar-refractivity contribution in [3.8, 4) is 11.4 Å². The molecule has 2 aliphatic rings. The van der Waals surface area contributed by atoms with E-state index in [4.69, 9.17) is 9.84 Å². The van der Waals surface area contributed by atoms with E-state index in [1.54, 1.807) is 0 Å². The van der Waals surface area contributed by atoms with E-state index in [-0.39, 0.29) is 0 Å². The Bertz CT molecular complexity index is 1010. The maximum Gasteiger partial charge on any atom is 0.309 e. The van der Waals surface area contributed by atoms with Crippen LogP contribution in [-0.4, -0.2) is 38.2 Å². The molecule has 2 aromatic heterocycles. The quantitative estimate of drug-likeness (QED) is 0.488. The fraction of sp³-hybridized carbons (Fsp3) is 0.519. The number of aromatic nitrogens is 3. The molecule has 5 rings (SSSR count). The van der Waals surface area contributed by atoms with E-state index in [2.05, 4.69) is 15.0 Å². The number of aliphatic carboxylic acids is 1. The van der Waals surface area contributed by atoms with Crippen molar-refractivity contribution < 1.29 is 14.6 Å². The van der Waals surface area contributed by atoms with Gasteiger partial charge in [-0.15, -0.1) is 0 Å². The number of benzene rings is 1. The first-order chi connectivity index (χ1) is 15.9. The summed E-state index contributed by atoms with van der Waals surface area (Å²) in [5, 5.41) is 9.16. The van der Waals surface area contributed by atoms with E-state index < -0.39 is 11.4 Å². The highest BCUT2D eigenvalue weighted by Crippen LogP contribution is 2.38. The Morgan fingerprint density at radius 1 is 1.03 bits per heavy atom. The number of para-hydroxylation sites is 2. The number of carbonyl (C=O) groups is 1. The number of hydrogen-bond acceptors (Lipinski definition) is 4. The fourth-order valence-electron chi connectivity index (χ4n) is 4.75. The lowest BCUT2D eigenvalue weighted by Crippen LogP contribution is -2.36. The maximum atomic E-state index is 11.1. The molecule has 2 saturated carbocycles. The first-order valence-electron chi connectivity index (χ1n) is 12.2. The van der Waals surface area contributed by atoms with Crippen LogP contribution in [0.25, 0.3) is 22.4 Å². The van der Waals surface area contributed by atoms with Crippen LogP contribution in [0.4, 0.5) is 0 Å². The standard InChI is InChI=1S/C14H24O3.C13H11N3/c1-14(13(15)16)9-7-12(8-10-14)17-11-5-3-2-4-6-11;1-9-6-7-10(8-14-9)13-15-11-4-2-3-5-12(11)16-13/h11-12H,2-10H2,1H3,(H,15,16);2-8H,1H3,(H,15,16). The summed E-state index contributed by atoms with van der Waals surface area (Å²) in [7, 11) is 0. The van der Waals surface area contributed by atoms with Crippen molar-refractivity contribution in [3.05, 3.63) is 48.3 Å². The molecule has 2 heterocycles. The molecule has 33 heavy (non-hydrogen) atoms. The van der Waals surface area contributed by atoms with Crippen molar-refractivity contribution in [1.29, 1.82) is 0 Å². The Balaban J connectivity index is 0.000000157. The Morgan fingerprint density at radius 2 is 1.73 bits per heavy atom. The smallest absolute Gasteiger partial charge is 0.309 e. The van der Waals surface area contributed by atoms with Crippen LogP contribution < -0.4 is 0 Å². The lowest BCUT2D eigenvalue weighted by atomic mass is 9.75. The van der Waals surface area contributed by atoms with Gasteiger partial charge in [0, 0.05) is 17.5 Å². The number of aromatic amines is 1. The second-order valence-electron chi connectivity index (χ2n) is 9.75. The Morgan fingerprint density at radius 3 is 2.36 bits per heavy atom. The Hall–Kier alpha value is -2.73. The van der Waals surface area contributed by atoms with E-state index in [9.17, 15) is 4.79 Å². The Kier molecular flexibility index (Phi) is 7.43. The molecule has 2 aliphatic carbocycles. The predicted molar refractivity (Wildman–Crippen MR) is 130 cm³/mol. The zero-order valence-electron chi connectivity index (χ0n) is 19.7. The number of carboxylic acids is 1. The fourth-order valence-corrected chi connectivity index (χ4v) is 4.75. The molecule has 3 aromatic rings. The summed E-state index contributed by atoms with van der Waals surface area (Å²) < 4.78 is 6.11. The summed E-state index contributed by atoms with van der Waals surface area (Å²) in [4.78, 5) is 23.2. The first-order valence-corrected chi connectivity index (χ1v) is 12.2. The number of aryl methyl sites for hydroxylation is 1. The number of nitrogens with zero attached hydrogens (tertiary/aromatic N) is 2. The van der Waals surface area contributed by atoms with Gasteiger partial charge in [0.25, 0.3) is 0 Å². The van der Waals surface area contributed by atoms with Crippen molar-refractivity contribution in [3.63, 3.8) is 0 Å². The average molecular weight is 450 g/mol. The van der Waals surface area contributed by atoms with Gasteiger partial charge in [-0.3, -0.25) is 9.78 Å². The molecule has 0 aliphatic heterocycles. The van der Waals surface area contributed by atoms with Gasteiger partial charge in [0.15, 0.2) is 0 Å². The van der Waals surface area contributed by atoms with Crippen molar-refractivity contribution in [2.75, 3.05) is 0 Å². The number of fused-ring (bicyclic) bond motifs is 1. The van der Waals surface area contributed by atoms with Gasteiger partial charge in [0.1, 0.15) is 5.82 Å². The normalized spacial score (nSPS) is 23.6. The molecule has 2 fully saturated rings. The third kappa shape index (κ3) is 5.99. The van der Waals surface area contributed by atoms with Gasteiger partial charge in [0.05, 0.1) is 28.7 Å². The summed E-state index contributed by atoms with van der Waals surface area (Å²) in [5.41, 5.74) is 3.56. The highest BCUT2D eigenvalue weighted by molar-refractivity contribution is 5.79. The SMILES string of the molecule is CC1(C(=O)O)CCC(OC2CCCCC2)CC1.Cc1ccc(-c2nc3ccccc3[nH]2)cn1. The van der Waals surface area contributed by atoms with E-state index in [0.717, 1.165) is 53.8 Å². The molecule has 176 valence electrons. The third-order valence-corrected chi connectivity index (χ3v) is 7.06. The molecule has 0 radical (unpaired) electrons. The molecule has 0 saturated heterocycles. The number of imidazole rings is 1. The maximum absolute atomic E-state index is 11.1. The molecule has 6 nitrogen and oxygen atoms in total. The monoisotopic (exact) mass is 449 g/mol. The highest BCUT2D eigenvalue weighted by Gasteiger charge is 2.38. The lowest BCUT2D eigenvalue weighted by molar-refractivity contribution is -0.152. The highest BCUT2D eigenvalue weighted by atomic mass is 16.5. The van der Waals surface area contributed by atoms with Crippen molar-refractivity contribution in [1.82, 2.24) is 15.0 Å². The number of H-pyrrole nitrogens is 1. The lowest BCUT2D eigenvalue weighted by Gasteiger charge is -2.36. The van der Waals surface area contributed by atoms with Crippen LogP contribution >= 0.6 is 0 Å². The number of carboxylic acid groups (broad SMARTS) is 1. The van der Waals surface area contributed by atoms with Gasteiger partial charge < -0.3 is 14.8 Å². The summed E-state index contributed by atoms with van der Waals surface area (Å²) in [5.74, 6) is 0.224. The predicted octanol–water partition coefficient (Wildman–Crippen LogP) is 6.30. The number of nitrogens with one attached hydrogen (secondary N) is 1. The van der Waals surface area contributed by atoms with E-state index in [1.165, 1.54) is 32.1 Å². The van der Waals surface area contributed by atoms with E-state index in [0.29, 0.717) is 12.2 Å². The summed E-state index contributed by atoms with van der Waals surface area (Å²) >= 11 is 0. The molecule has 0 amide bonds. The summed E-state index contributed by atoms with van der Waals surface area (Å²) in [6, 6.07) is 12.0. The molecule has 1 aromatic carbocycles. The van der Waals surface area contributed by atoms with Crippen molar-refractivity contribution >= 4 is 17.0 Å². The van der Waals surface area contributed by atoms with Gasteiger partial charge in [-0.25, -0.2) is 4.98 Å². The summed E-state index contributed by atoms with van der Waals surface area (Å²) in [6.45, 7) is 3.84. The number of rotatable bonds is 4. The molecular weight excluding hydrogens is 414 g/mol. The summed E-state index contributed by atoms with van der Waals surface area (Å²) in [6.07, 6.45) is 12.3. The molecule has 2 N–H and O–H groups in total. The number of pyridine rings is 1. The van der Waals surface area contributed by atoms with Crippen LogP contribution in [0.1, 0.15) is 70.4 Å². The number of hydrogen-bond donors (Lipinski definition) is 2. The Labute approximate surface area is 195 Å². The molecule has 0 bridgehead atoms. The second-order valence-corrected chi connectivity index (χ2v) is 9.75. The molecular formula is C27H35N3O3. The molecule has 6 heteroatoms. The largest absolute Gasteiger partial charge is 0.481 e. The zero-order valence-corrected chi connectivity index (χ0v) is 19.7. The van der Waals surface area contributed by atoms with Crippen molar-refractivity contribution in [2.24, 2.45) is 5.41 Å². The minimum atomic E-state index is -0.645. The second kappa shape index (κ2) is 10.5. The zero-order chi connectivity index (χ0) is 23.3. The van der Waals surface area contributed by atoms with Crippen LogP contribution in [0.15, 0.2) is 42.6 Å². The van der Waals surface area contributed by atoms with Crippen LogP contribution in [0.2, 0.25) is 0 Å².